The van der Waals surface area contributed by atoms with Crippen LogP contribution in [0.1, 0.15) is 51.7 Å². The van der Waals surface area contributed by atoms with E-state index >= 15 is 0 Å². The van der Waals surface area contributed by atoms with Crippen molar-refractivity contribution in [1.29, 1.82) is 0 Å². The van der Waals surface area contributed by atoms with Crippen molar-refractivity contribution >= 4 is 10.8 Å². The van der Waals surface area contributed by atoms with Gasteiger partial charge in [-0.3, -0.25) is 4.98 Å². The van der Waals surface area contributed by atoms with E-state index in [-0.39, 0.29) is 11.2 Å². The van der Waals surface area contributed by atoms with Gasteiger partial charge in [-0.25, -0.2) is 14.1 Å². The summed E-state index contributed by atoms with van der Waals surface area (Å²) in [5.74, 6) is 0.0996. The molecule has 5 aromatic rings. The second kappa shape index (κ2) is 8.42. The summed E-state index contributed by atoms with van der Waals surface area (Å²) in [4.78, 5) is 9.95. The van der Waals surface area contributed by atoms with Crippen molar-refractivity contribution < 1.29 is 4.39 Å². The molecule has 35 heavy (non-hydrogen) atoms. The maximum absolute atomic E-state index is 14.9. The summed E-state index contributed by atoms with van der Waals surface area (Å²) in [6.45, 7) is 10.4. The predicted molar refractivity (Wildman–Crippen MR) is 139 cm³/mol. The highest BCUT2D eigenvalue weighted by molar-refractivity contribution is 5.95. The summed E-state index contributed by atoms with van der Waals surface area (Å²) in [5, 5.41) is 6.82. The molecule has 0 radical (unpaired) electrons. The molecular formula is C30H29FN4. The fourth-order valence-electron chi connectivity index (χ4n) is 4.24. The zero-order valence-corrected chi connectivity index (χ0v) is 20.7. The monoisotopic (exact) mass is 464 g/mol. The highest BCUT2D eigenvalue weighted by Crippen LogP contribution is 2.35. The van der Waals surface area contributed by atoms with E-state index in [2.05, 4.69) is 56.2 Å². The first-order valence-corrected chi connectivity index (χ1v) is 11.8. The number of aromatic nitrogens is 4. The molecule has 176 valence electrons. The van der Waals surface area contributed by atoms with Crippen molar-refractivity contribution in [2.24, 2.45) is 0 Å². The molecule has 4 nitrogen and oxygen atoms in total. The van der Waals surface area contributed by atoms with Gasteiger partial charge < -0.3 is 0 Å². The van der Waals surface area contributed by atoms with E-state index in [9.17, 15) is 4.39 Å². The van der Waals surface area contributed by atoms with Crippen molar-refractivity contribution in [3.8, 4) is 17.1 Å². The second-order valence-electron chi connectivity index (χ2n) is 10.5. The average molecular weight is 465 g/mol. The van der Waals surface area contributed by atoms with Crippen molar-refractivity contribution in [1.82, 2.24) is 19.7 Å². The fourth-order valence-corrected chi connectivity index (χ4v) is 4.24. The van der Waals surface area contributed by atoms with Crippen LogP contribution in [0, 0.1) is 5.82 Å². The smallest absolute Gasteiger partial charge is 0.156 e. The number of nitrogens with zero attached hydrogens (tertiary/aromatic N) is 4. The Balaban J connectivity index is 1.65. The minimum absolute atomic E-state index is 0.108. The first-order valence-electron chi connectivity index (χ1n) is 11.8. The molecule has 0 amide bonds. The van der Waals surface area contributed by atoms with Gasteiger partial charge in [-0.2, -0.15) is 5.10 Å². The van der Waals surface area contributed by atoms with Crippen molar-refractivity contribution in [2.45, 2.75) is 45.4 Å². The van der Waals surface area contributed by atoms with Crippen LogP contribution in [0.5, 0.6) is 0 Å². The lowest BCUT2D eigenvalue weighted by atomic mass is 9.83. The number of halogens is 1. The van der Waals surface area contributed by atoms with Gasteiger partial charge in [0.15, 0.2) is 5.82 Å². The van der Waals surface area contributed by atoms with E-state index in [1.807, 2.05) is 56.4 Å². The summed E-state index contributed by atoms with van der Waals surface area (Å²) >= 11 is 0. The van der Waals surface area contributed by atoms with Crippen LogP contribution in [0.15, 0.2) is 85.1 Å². The van der Waals surface area contributed by atoms with E-state index in [1.165, 1.54) is 12.1 Å². The quantitative estimate of drug-likeness (QED) is 0.281. The molecule has 0 saturated heterocycles. The van der Waals surface area contributed by atoms with Gasteiger partial charge in [-0.15, -0.1) is 0 Å². The van der Waals surface area contributed by atoms with Gasteiger partial charge in [0.25, 0.3) is 0 Å². The molecular weight excluding hydrogens is 435 g/mol. The Hall–Kier alpha value is -3.86. The minimum Gasteiger partial charge on any atom is -0.251 e. The van der Waals surface area contributed by atoms with Gasteiger partial charge >= 0.3 is 0 Å². The molecule has 0 bridgehead atoms. The van der Waals surface area contributed by atoms with Crippen LogP contribution in [0.25, 0.3) is 27.8 Å². The molecule has 0 saturated carbocycles. The highest BCUT2D eigenvalue weighted by atomic mass is 19.1. The summed E-state index contributed by atoms with van der Waals surface area (Å²) in [5.41, 5.74) is 3.55. The molecule has 0 aliphatic heterocycles. The SMILES string of the molecule is CC(C)(C)c1ccn(-c2cc(F)cc(C(C)(C)c3cc4ccccc4c(-c4ccccc4)n3)n2)n1. The summed E-state index contributed by atoms with van der Waals surface area (Å²) < 4.78 is 16.5. The highest BCUT2D eigenvalue weighted by Gasteiger charge is 2.29. The topological polar surface area (TPSA) is 43.6 Å². The van der Waals surface area contributed by atoms with Crippen molar-refractivity contribution in [2.75, 3.05) is 0 Å². The number of fused-ring (bicyclic) bond motifs is 1. The molecule has 5 rings (SSSR count). The van der Waals surface area contributed by atoms with E-state index in [0.717, 1.165) is 33.4 Å². The molecule has 2 aromatic carbocycles. The lowest BCUT2D eigenvalue weighted by Crippen LogP contribution is -2.23. The summed E-state index contributed by atoms with van der Waals surface area (Å²) in [6, 6.07) is 25.3. The molecule has 0 aliphatic rings. The maximum Gasteiger partial charge on any atom is 0.156 e. The van der Waals surface area contributed by atoms with Crippen LogP contribution in [-0.4, -0.2) is 19.7 Å². The van der Waals surface area contributed by atoms with Crippen LogP contribution in [-0.2, 0) is 10.8 Å². The molecule has 3 heterocycles. The average Bonchev–Trinajstić information content (AvgIpc) is 3.35. The molecule has 0 N–H and O–H groups in total. The Kier molecular flexibility index (Phi) is 5.51. The third-order valence-corrected chi connectivity index (χ3v) is 6.44. The van der Waals surface area contributed by atoms with Crippen molar-refractivity contribution in [3.05, 3.63) is 108 Å². The fraction of sp³-hybridized carbons (Fsp3) is 0.233. The van der Waals surface area contributed by atoms with Gasteiger partial charge in [0.2, 0.25) is 0 Å². The number of benzene rings is 2. The number of rotatable bonds is 4. The van der Waals surface area contributed by atoms with Gasteiger partial charge in [0, 0.05) is 34.0 Å². The van der Waals surface area contributed by atoms with Crippen LogP contribution in [0.4, 0.5) is 4.39 Å². The summed E-state index contributed by atoms with van der Waals surface area (Å²) in [6.07, 6.45) is 1.83. The third kappa shape index (κ3) is 4.34. The molecule has 3 aromatic heterocycles. The number of hydrogen-bond donors (Lipinski definition) is 0. The standard InChI is InChI=1S/C30H29FN4/c1-29(2,3)24-15-16-35(34-24)27-19-22(31)18-26(32-27)30(4,5)25-17-21-13-9-10-14-23(21)28(33-25)20-11-7-6-8-12-20/h6-19H,1-5H3. The van der Waals surface area contributed by atoms with Crippen molar-refractivity contribution in [3.63, 3.8) is 0 Å². The molecule has 0 fully saturated rings. The van der Waals surface area contributed by atoms with Crippen LogP contribution in [0.2, 0.25) is 0 Å². The molecule has 0 aliphatic carbocycles. The normalized spacial score (nSPS) is 12.3. The third-order valence-electron chi connectivity index (χ3n) is 6.44. The molecule has 5 heteroatoms. The molecule has 0 spiro atoms. The van der Waals surface area contributed by atoms with Crippen LogP contribution < -0.4 is 0 Å². The van der Waals surface area contributed by atoms with E-state index < -0.39 is 5.41 Å². The number of hydrogen-bond acceptors (Lipinski definition) is 3. The first-order chi connectivity index (χ1) is 16.6. The van der Waals surface area contributed by atoms with E-state index in [1.54, 1.807) is 4.68 Å². The Labute approximate surface area is 205 Å². The zero-order valence-electron chi connectivity index (χ0n) is 20.7. The van der Waals surface area contributed by atoms with Crippen LogP contribution >= 0.6 is 0 Å². The predicted octanol–water partition coefficient (Wildman–Crippen LogP) is 7.25. The molecule has 0 unspecified atom stereocenters. The first kappa shape index (κ1) is 22.9. The van der Waals surface area contributed by atoms with Gasteiger partial charge in [0.1, 0.15) is 5.82 Å². The van der Waals surface area contributed by atoms with Gasteiger partial charge in [0.05, 0.1) is 22.8 Å². The lowest BCUT2D eigenvalue weighted by Gasteiger charge is -2.25. The minimum atomic E-state index is -0.648. The number of pyridine rings is 2. The Morgan fingerprint density at radius 3 is 2.11 bits per heavy atom. The second-order valence-corrected chi connectivity index (χ2v) is 10.5. The Morgan fingerprint density at radius 2 is 1.40 bits per heavy atom. The van der Waals surface area contributed by atoms with E-state index in [0.29, 0.717) is 11.5 Å². The van der Waals surface area contributed by atoms with Crippen LogP contribution in [0.3, 0.4) is 0 Å². The molecule has 0 atom stereocenters. The van der Waals surface area contributed by atoms with E-state index in [4.69, 9.17) is 9.97 Å². The lowest BCUT2D eigenvalue weighted by molar-refractivity contribution is 0.552. The summed E-state index contributed by atoms with van der Waals surface area (Å²) in [7, 11) is 0. The maximum atomic E-state index is 14.9. The zero-order chi connectivity index (χ0) is 24.8. The Bertz CT molecular complexity index is 1510. The Morgan fingerprint density at radius 1 is 0.714 bits per heavy atom. The van der Waals surface area contributed by atoms with Gasteiger partial charge in [-0.05, 0) is 37.4 Å². The van der Waals surface area contributed by atoms with Gasteiger partial charge in [-0.1, -0.05) is 75.4 Å². The largest absolute Gasteiger partial charge is 0.251 e.